The van der Waals surface area contributed by atoms with Gasteiger partial charge in [0.1, 0.15) is 5.82 Å². The molecular formula is C20H24N6O2. The lowest BCUT2D eigenvalue weighted by molar-refractivity contribution is 0.201. The molecule has 0 unspecified atom stereocenters. The van der Waals surface area contributed by atoms with Crippen molar-refractivity contribution in [3.05, 3.63) is 54.3 Å². The minimum atomic E-state index is 0.135. The molecule has 0 saturated carbocycles. The first-order chi connectivity index (χ1) is 13.8. The van der Waals surface area contributed by atoms with Crippen molar-refractivity contribution in [1.82, 2.24) is 25.0 Å². The van der Waals surface area contributed by atoms with Crippen LogP contribution in [-0.4, -0.2) is 51.8 Å². The number of hydrogen-bond donors (Lipinski definition) is 1. The highest BCUT2D eigenvalue weighted by Gasteiger charge is 2.31. The van der Waals surface area contributed by atoms with Gasteiger partial charge in [0, 0.05) is 38.8 Å². The molecule has 8 heteroatoms. The summed E-state index contributed by atoms with van der Waals surface area (Å²) in [5, 5.41) is 7.49. The Hall–Kier alpha value is -2.84. The molecule has 8 nitrogen and oxygen atoms in total. The predicted octanol–water partition coefficient (Wildman–Crippen LogP) is 2.92. The highest BCUT2D eigenvalue weighted by Crippen LogP contribution is 2.33. The summed E-state index contributed by atoms with van der Waals surface area (Å²) in [6.07, 6.45) is 7.52. The van der Waals surface area contributed by atoms with Crippen LogP contribution >= 0.6 is 0 Å². The number of rotatable bonds is 8. The molecule has 0 aromatic carbocycles. The molecule has 0 spiro atoms. The smallest absolute Gasteiger partial charge is 0.244 e. The van der Waals surface area contributed by atoms with Crippen molar-refractivity contribution in [3.63, 3.8) is 0 Å². The molecule has 1 aliphatic heterocycles. The molecule has 0 aliphatic carbocycles. The lowest BCUT2D eigenvalue weighted by atomic mass is 10.2. The fraction of sp³-hybridized carbons (Fsp3) is 0.400. The van der Waals surface area contributed by atoms with Crippen LogP contribution in [0.3, 0.4) is 0 Å². The van der Waals surface area contributed by atoms with Gasteiger partial charge in [-0.2, -0.15) is 4.98 Å². The highest BCUT2D eigenvalue weighted by molar-refractivity contribution is 5.69. The van der Waals surface area contributed by atoms with Gasteiger partial charge >= 0.3 is 0 Å². The molecular weight excluding hydrogens is 356 g/mol. The molecule has 0 radical (unpaired) electrons. The number of ether oxygens (including phenoxy) is 1. The normalized spacial score (nSPS) is 17.1. The van der Waals surface area contributed by atoms with Crippen molar-refractivity contribution in [3.8, 4) is 11.4 Å². The van der Waals surface area contributed by atoms with Gasteiger partial charge in [-0.15, -0.1) is 0 Å². The van der Waals surface area contributed by atoms with Crippen LogP contribution in [0, 0.1) is 0 Å². The van der Waals surface area contributed by atoms with Gasteiger partial charge in [-0.3, -0.25) is 9.88 Å². The number of methoxy groups -OCH3 is 1. The number of aromatic nitrogens is 4. The topological polar surface area (TPSA) is 89.2 Å². The number of nitrogens with zero attached hydrogens (tertiary/aromatic N) is 5. The van der Waals surface area contributed by atoms with Crippen molar-refractivity contribution in [1.29, 1.82) is 0 Å². The van der Waals surface area contributed by atoms with Gasteiger partial charge in [0.25, 0.3) is 0 Å². The number of anilines is 1. The summed E-state index contributed by atoms with van der Waals surface area (Å²) >= 11 is 0. The van der Waals surface area contributed by atoms with E-state index in [-0.39, 0.29) is 6.04 Å². The number of likely N-dealkylation sites (tertiary alicyclic amines) is 1. The van der Waals surface area contributed by atoms with E-state index in [4.69, 9.17) is 14.2 Å². The third-order valence-electron chi connectivity index (χ3n) is 4.87. The molecule has 1 aliphatic rings. The number of pyridine rings is 2. The standard InChI is InChI=1S/C20H24N6O2/c1-27-13-11-23-18-16(4-2-8-22-18)19-24-20(28-25-19)17-5-3-12-26(17)14-15-6-9-21-10-7-15/h2,4,6-10,17H,3,5,11-14H2,1H3,(H,22,23)/t17-/m0/s1. The lowest BCUT2D eigenvalue weighted by Gasteiger charge is -2.21. The fourth-order valence-corrected chi connectivity index (χ4v) is 3.50. The monoisotopic (exact) mass is 380 g/mol. The Labute approximate surface area is 164 Å². The minimum absolute atomic E-state index is 0.135. The van der Waals surface area contributed by atoms with E-state index in [2.05, 4.69) is 25.3 Å². The van der Waals surface area contributed by atoms with Gasteiger partial charge in [-0.1, -0.05) is 5.16 Å². The van der Waals surface area contributed by atoms with E-state index in [1.54, 1.807) is 13.3 Å². The van der Waals surface area contributed by atoms with E-state index in [0.717, 1.165) is 37.3 Å². The molecule has 28 heavy (non-hydrogen) atoms. The maximum absolute atomic E-state index is 5.66. The van der Waals surface area contributed by atoms with E-state index < -0.39 is 0 Å². The molecule has 1 saturated heterocycles. The van der Waals surface area contributed by atoms with E-state index >= 15 is 0 Å². The summed E-state index contributed by atoms with van der Waals surface area (Å²) in [6.45, 7) is 3.12. The van der Waals surface area contributed by atoms with Gasteiger partial charge in [0.05, 0.1) is 18.2 Å². The van der Waals surface area contributed by atoms with Crippen molar-refractivity contribution in [2.24, 2.45) is 0 Å². The van der Waals surface area contributed by atoms with Crippen molar-refractivity contribution < 1.29 is 9.26 Å². The van der Waals surface area contributed by atoms with Gasteiger partial charge in [0.2, 0.25) is 11.7 Å². The maximum Gasteiger partial charge on any atom is 0.244 e. The number of nitrogens with one attached hydrogen (secondary N) is 1. The molecule has 3 aromatic rings. The van der Waals surface area contributed by atoms with E-state index in [0.29, 0.717) is 24.9 Å². The van der Waals surface area contributed by atoms with Crippen LogP contribution in [0.25, 0.3) is 11.4 Å². The summed E-state index contributed by atoms with van der Waals surface area (Å²) in [7, 11) is 1.67. The molecule has 1 N–H and O–H groups in total. The zero-order valence-electron chi connectivity index (χ0n) is 15.9. The second-order valence-corrected chi connectivity index (χ2v) is 6.76. The van der Waals surface area contributed by atoms with Crippen LogP contribution in [0.15, 0.2) is 47.4 Å². The fourth-order valence-electron chi connectivity index (χ4n) is 3.50. The second kappa shape index (κ2) is 8.90. The molecule has 1 fully saturated rings. The third-order valence-corrected chi connectivity index (χ3v) is 4.87. The summed E-state index contributed by atoms with van der Waals surface area (Å²) in [5.74, 6) is 1.94. The first kappa shape index (κ1) is 18.5. The summed E-state index contributed by atoms with van der Waals surface area (Å²) < 4.78 is 10.7. The summed E-state index contributed by atoms with van der Waals surface area (Å²) in [6, 6.07) is 8.04. The maximum atomic E-state index is 5.66. The highest BCUT2D eigenvalue weighted by atomic mass is 16.5. The largest absolute Gasteiger partial charge is 0.383 e. The Balaban J connectivity index is 1.51. The average Bonchev–Trinajstić information content (AvgIpc) is 3.39. The van der Waals surface area contributed by atoms with Gasteiger partial charge < -0.3 is 14.6 Å². The van der Waals surface area contributed by atoms with Crippen LogP contribution in [0.2, 0.25) is 0 Å². The zero-order valence-corrected chi connectivity index (χ0v) is 15.9. The molecule has 3 aromatic heterocycles. The van der Waals surface area contributed by atoms with E-state index in [1.165, 1.54) is 5.56 Å². The molecule has 4 heterocycles. The Morgan fingerprint density at radius 2 is 2.14 bits per heavy atom. The molecule has 1 atom stereocenters. The summed E-state index contributed by atoms with van der Waals surface area (Å²) in [4.78, 5) is 15.6. The van der Waals surface area contributed by atoms with E-state index in [1.807, 2.05) is 36.7 Å². The van der Waals surface area contributed by atoms with Crippen LogP contribution in [0.1, 0.15) is 30.3 Å². The molecule has 146 valence electrons. The van der Waals surface area contributed by atoms with Gasteiger partial charge in [-0.05, 0) is 49.2 Å². The van der Waals surface area contributed by atoms with Gasteiger partial charge in [0.15, 0.2) is 0 Å². The average molecular weight is 380 g/mol. The third kappa shape index (κ3) is 4.18. The van der Waals surface area contributed by atoms with Crippen LogP contribution in [-0.2, 0) is 11.3 Å². The SMILES string of the molecule is COCCNc1ncccc1-c1noc([C@@H]2CCCN2Cc2ccncc2)n1. The van der Waals surface area contributed by atoms with Gasteiger partial charge in [-0.25, -0.2) is 4.98 Å². The molecule has 4 rings (SSSR count). The Morgan fingerprint density at radius 3 is 3.00 bits per heavy atom. The zero-order chi connectivity index (χ0) is 19.2. The number of hydrogen-bond acceptors (Lipinski definition) is 8. The Kier molecular flexibility index (Phi) is 5.89. The first-order valence-electron chi connectivity index (χ1n) is 9.50. The Bertz CT molecular complexity index is 885. The van der Waals surface area contributed by atoms with Crippen LogP contribution < -0.4 is 5.32 Å². The molecule has 0 bridgehead atoms. The predicted molar refractivity (Wildman–Crippen MR) is 105 cm³/mol. The first-order valence-corrected chi connectivity index (χ1v) is 9.50. The summed E-state index contributed by atoms with van der Waals surface area (Å²) in [5.41, 5.74) is 2.06. The van der Waals surface area contributed by atoms with E-state index in [9.17, 15) is 0 Å². The van der Waals surface area contributed by atoms with Crippen molar-refractivity contribution >= 4 is 5.82 Å². The Morgan fingerprint density at radius 1 is 1.25 bits per heavy atom. The van der Waals surface area contributed by atoms with Crippen molar-refractivity contribution in [2.75, 3.05) is 32.1 Å². The quantitative estimate of drug-likeness (QED) is 0.597. The minimum Gasteiger partial charge on any atom is -0.383 e. The van der Waals surface area contributed by atoms with Crippen molar-refractivity contribution in [2.45, 2.75) is 25.4 Å². The molecule has 0 amide bonds. The lowest BCUT2D eigenvalue weighted by Crippen LogP contribution is -2.23. The van der Waals surface area contributed by atoms with Crippen LogP contribution in [0.4, 0.5) is 5.82 Å². The second-order valence-electron chi connectivity index (χ2n) is 6.76. The van der Waals surface area contributed by atoms with Crippen LogP contribution in [0.5, 0.6) is 0 Å².